The smallest absolute Gasteiger partial charge is 0.250 e. The highest BCUT2D eigenvalue weighted by Crippen LogP contribution is 2.20. The van der Waals surface area contributed by atoms with Crippen molar-refractivity contribution in [1.82, 2.24) is 0 Å². The molecule has 3 N–H and O–H groups in total. The summed E-state index contributed by atoms with van der Waals surface area (Å²) in [6.45, 7) is 0.0460. The molecular weight excluding hydrogens is 244 g/mol. The molecule has 2 atom stereocenters. The lowest BCUT2D eigenvalue weighted by Gasteiger charge is -2.16. The Morgan fingerprint density at radius 2 is 2.11 bits per heavy atom. The van der Waals surface area contributed by atoms with Crippen molar-refractivity contribution in [1.29, 1.82) is 0 Å². The van der Waals surface area contributed by atoms with Crippen LogP contribution in [0.3, 0.4) is 0 Å². The number of nitrogens with one attached hydrogen (secondary N) is 1. The van der Waals surface area contributed by atoms with E-state index in [-0.39, 0.29) is 24.7 Å². The molecule has 1 aliphatic rings. The molecule has 2 unspecified atom stereocenters. The van der Waals surface area contributed by atoms with E-state index < -0.39 is 0 Å². The van der Waals surface area contributed by atoms with E-state index in [9.17, 15) is 4.79 Å². The van der Waals surface area contributed by atoms with Crippen LogP contribution in [0.5, 0.6) is 5.75 Å². The number of nitrogens with two attached hydrogens (primary N) is 1. The maximum absolute atomic E-state index is 11.7. The number of methoxy groups -OCH3 is 1. The molecule has 1 saturated carbocycles. The van der Waals surface area contributed by atoms with Crippen LogP contribution < -0.4 is 15.8 Å². The predicted octanol–water partition coefficient (Wildman–Crippen LogP) is 1.53. The van der Waals surface area contributed by atoms with E-state index in [0.29, 0.717) is 0 Å². The normalized spacial score (nSPS) is 22.2. The van der Waals surface area contributed by atoms with Crippen LogP contribution in [0.4, 0.5) is 5.69 Å². The van der Waals surface area contributed by atoms with Gasteiger partial charge in [-0.2, -0.15) is 0 Å². The molecule has 1 aromatic carbocycles. The predicted molar refractivity (Wildman–Crippen MR) is 73.2 cm³/mol. The third-order valence-corrected chi connectivity index (χ3v) is 3.31. The Morgan fingerprint density at radius 1 is 1.37 bits per heavy atom. The molecule has 0 bridgehead atoms. The lowest BCUT2D eigenvalue weighted by molar-refractivity contribution is -0.122. The maximum Gasteiger partial charge on any atom is 0.250 e. The number of ether oxygens (including phenoxy) is 2. The SMILES string of the molecule is COc1ccc(NC(=O)COC2CCCC2N)cc1. The van der Waals surface area contributed by atoms with E-state index >= 15 is 0 Å². The molecule has 19 heavy (non-hydrogen) atoms. The lowest BCUT2D eigenvalue weighted by Crippen LogP contribution is -2.33. The van der Waals surface area contributed by atoms with Crippen LogP contribution in [0.25, 0.3) is 0 Å². The Kier molecular flexibility index (Phi) is 4.76. The first-order chi connectivity index (χ1) is 9.19. The first-order valence-corrected chi connectivity index (χ1v) is 6.50. The average Bonchev–Trinajstić information content (AvgIpc) is 2.83. The van der Waals surface area contributed by atoms with Gasteiger partial charge in [0, 0.05) is 11.7 Å². The molecule has 0 radical (unpaired) electrons. The summed E-state index contributed by atoms with van der Waals surface area (Å²) in [6.07, 6.45) is 3.01. The lowest BCUT2D eigenvalue weighted by atomic mass is 10.2. The van der Waals surface area contributed by atoms with Crippen LogP contribution in [0, 0.1) is 0 Å². The molecule has 1 aliphatic carbocycles. The number of rotatable bonds is 5. The number of carbonyl (C=O) groups is 1. The van der Waals surface area contributed by atoms with E-state index in [1.807, 2.05) is 0 Å². The fourth-order valence-corrected chi connectivity index (χ4v) is 2.22. The van der Waals surface area contributed by atoms with Gasteiger partial charge in [0.25, 0.3) is 0 Å². The second-order valence-electron chi connectivity index (χ2n) is 4.72. The van der Waals surface area contributed by atoms with Crippen molar-refractivity contribution in [3.63, 3.8) is 0 Å². The highest BCUT2D eigenvalue weighted by Gasteiger charge is 2.25. The Bertz CT molecular complexity index is 419. The number of hydrogen-bond acceptors (Lipinski definition) is 4. The van der Waals surface area contributed by atoms with Gasteiger partial charge in [-0.05, 0) is 43.5 Å². The van der Waals surface area contributed by atoms with E-state index in [1.54, 1.807) is 31.4 Å². The zero-order valence-corrected chi connectivity index (χ0v) is 11.1. The van der Waals surface area contributed by atoms with Gasteiger partial charge >= 0.3 is 0 Å². The maximum atomic E-state index is 11.7. The quantitative estimate of drug-likeness (QED) is 0.846. The molecule has 1 fully saturated rings. The summed E-state index contributed by atoms with van der Waals surface area (Å²) in [5.74, 6) is 0.593. The Balaban J connectivity index is 1.77. The zero-order valence-electron chi connectivity index (χ0n) is 11.1. The summed E-state index contributed by atoms with van der Waals surface area (Å²) in [6, 6.07) is 7.23. The second-order valence-corrected chi connectivity index (χ2v) is 4.72. The van der Waals surface area contributed by atoms with Crippen LogP contribution in [0.2, 0.25) is 0 Å². The summed E-state index contributed by atoms with van der Waals surface area (Å²) < 4.78 is 10.6. The topological polar surface area (TPSA) is 73.6 Å². The van der Waals surface area contributed by atoms with Crippen molar-refractivity contribution in [2.24, 2.45) is 5.73 Å². The Labute approximate surface area is 113 Å². The molecule has 5 nitrogen and oxygen atoms in total. The zero-order chi connectivity index (χ0) is 13.7. The van der Waals surface area contributed by atoms with E-state index in [1.165, 1.54) is 0 Å². The van der Waals surface area contributed by atoms with Crippen molar-refractivity contribution in [2.75, 3.05) is 19.0 Å². The van der Waals surface area contributed by atoms with Gasteiger partial charge in [-0.25, -0.2) is 0 Å². The largest absolute Gasteiger partial charge is 0.497 e. The third-order valence-electron chi connectivity index (χ3n) is 3.31. The van der Waals surface area contributed by atoms with Gasteiger partial charge in [-0.3, -0.25) is 4.79 Å². The van der Waals surface area contributed by atoms with Crippen molar-refractivity contribution >= 4 is 11.6 Å². The fraction of sp³-hybridized carbons (Fsp3) is 0.500. The number of carbonyl (C=O) groups excluding carboxylic acids is 1. The molecule has 1 amide bonds. The van der Waals surface area contributed by atoms with Gasteiger partial charge in [0.15, 0.2) is 0 Å². The number of amides is 1. The number of benzene rings is 1. The summed E-state index contributed by atoms with van der Waals surface area (Å²) in [5, 5.41) is 2.77. The van der Waals surface area contributed by atoms with Gasteiger partial charge in [0.2, 0.25) is 5.91 Å². The van der Waals surface area contributed by atoms with Crippen LogP contribution >= 0.6 is 0 Å². The average molecular weight is 264 g/mol. The van der Waals surface area contributed by atoms with Gasteiger partial charge < -0.3 is 20.5 Å². The highest BCUT2D eigenvalue weighted by molar-refractivity contribution is 5.91. The van der Waals surface area contributed by atoms with E-state index in [2.05, 4.69) is 5.32 Å². The van der Waals surface area contributed by atoms with Crippen molar-refractivity contribution in [2.45, 2.75) is 31.4 Å². The summed E-state index contributed by atoms with van der Waals surface area (Å²) in [4.78, 5) is 11.7. The first-order valence-electron chi connectivity index (χ1n) is 6.50. The second kappa shape index (κ2) is 6.54. The molecular formula is C14H20N2O3. The minimum Gasteiger partial charge on any atom is -0.497 e. The van der Waals surface area contributed by atoms with Gasteiger partial charge in [-0.1, -0.05) is 0 Å². The van der Waals surface area contributed by atoms with Crippen LogP contribution in [-0.2, 0) is 9.53 Å². The monoisotopic (exact) mass is 264 g/mol. The summed E-state index contributed by atoms with van der Waals surface area (Å²) in [5.41, 5.74) is 6.61. The molecule has 0 saturated heterocycles. The van der Waals surface area contributed by atoms with Gasteiger partial charge in [0.05, 0.1) is 13.2 Å². The Hall–Kier alpha value is -1.59. The summed E-state index contributed by atoms with van der Waals surface area (Å²) >= 11 is 0. The van der Waals surface area contributed by atoms with Crippen LogP contribution in [-0.4, -0.2) is 31.8 Å². The van der Waals surface area contributed by atoms with Crippen molar-refractivity contribution in [3.05, 3.63) is 24.3 Å². The van der Waals surface area contributed by atoms with Crippen molar-refractivity contribution in [3.8, 4) is 5.75 Å². The third kappa shape index (κ3) is 3.94. The standard InChI is InChI=1S/C14H20N2O3/c1-18-11-7-5-10(6-8-11)16-14(17)9-19-13-4-2-3-12(13)15/h5-8,12-13H,2-4,9,15H2,1H3,(H,16,17). The molecule has 0 aliphatic heterocycles. The molecule has 0 heterocycles. The molecule has 0 aromatic heterocycles. The van der Waals surface area contributed by atoms with Crippen LogP contribution in [0.1, 0.15) is 19.3 Å². The van der Waals surface area contributed by atoms with E-state index in [4.69, 9.17) is 15.2 Å². The highest BCUT2D eigenvalue weighted by atomic mass is 16.5. The van der Waals surface area contributed by atoms with Crippen molar-refractivity contribution < 1.29 is 14.3 Å². The fourth-order valence-electron chi connectivity index (χ4n) is 2.22. The number of anilines is 1. The summed E-state index contributed by atoms with van der Waals surface area (Å²) in [7, 11) is 1.60. The molecule has 2 rings (SSSR count). The minimum absolute atomic E-state index is 0.0154. The molecule has 5 heteroatoms. The van der Waals surface area contributed by atoms with E-state index in [0.717, 1.165) is 30.7 Å². The van der Waals surface area contributed by atoms with Gasteiger partial charge in [-0.15, -0.1) is 0 Å². The molecule has 1 aromatic rings. The van der Waals surface area contributed by atoms with Crippen LogP contribution in [0.15, 0.2) is 24.3 Å². The minimum atomic E-state index is -0.163. The van der Waals surface area contributed by atoms with Gasteiger partial charge in [0.1, 0.15) is 12.4 Å². The first kappa shape index (κ1) is 13.8. The Morgan fingerprint density at radius 3 is 2.68 bits per heavy atom. The number of hydrogen-bond donors (Lipinski definition) is 2. The molecule has 104 valence electrons. The molecule has 0 spiro atoms.